The van der Waals surface area contributed by atoms with Gasteiger partial charge in [0.15, 0.2) is 0 Å². The predicted octanol–water partition coefficient (Wildman–Crippen LogP) is 0.972. The second kappa shape index (κ2) is 3.55. The lowest BCUT2D eigenvalue weighted by Crippen LogP contribution is -2.35. The van der Waals surface area contributed by atoms with E-state index in [-0.39, 0.29) is 5.75 Å². The molecule has 0 aromatic heterocycles. The van der Waals surface area contributed by atoms with Crippen molar-refractivity contribution in [1.82, 2.24) is 5.32 Å². The van der Waals surface area contributed by atoms with Crippen LogP contribution < -0.4 is 5.32 Å². The lowest BCUT2D eigenvalue weighted by atomic mass is 9.92. The second-order valence-electron chi connectivity index (χ2n) is 3.83. The van der Waals surface area contributed by atoms with Crippen molar-refractivity contribution in [2.24, 2.45) is 0 Å². The van der Waals surface area contributed by atoms with Gasteiger partial charge in [0.1, 0.15) is 11.8 Å². The summed E-state index contributed by atoms with van der Waals surface area (Å²) in [5.41, 5.74) is 2.32. The molecule has 1 aliphatic rings. The Balaban J connectivity index is 2.55. The summed E-state index contributed by atoms with van der Waals surface area (Å²) in [6.45, 7) is 2.42. The van der Waals surface area contributed by atoms with E-state index in [2.05, 4.69) is 5.32 Å². The van der Waals surface area contributed by atoms with Gasteiger partial charge in [0.25, 0.3) is 0 Å². The third kappa shape index (κ3) is 1.68. The van der Waals surface area contributed by atoms with Gasteiger partial charge in [0, 0.05) is 12.1 Å². The number of hydrogen-bond donors (Lipinski definition) is 3. The van der Waals surface area contributed by atoms with Crippen molar-refractivity contribution in [3.8, 4) is 5.75 Å². The standard InChI is InChI=1S/C11H13NO3/c1-6-4-8-7(9(13)5-6)2-3-12-10(8)11(14)15/h4-5,10,12-13H,2-3H2,1H3,(H,14,15). The average Bonchev–Trinajstić information content (AvgIpc) is 2.16. The number of hydrogen-bond acceptors (Lipinski definition) is 3. The molecule has 1 atom stereocenters. The predicted molar refractivity (Wildman–Crippen MR) is 54.9 cm³/mol. The van der Waals surface area contributed by atoms with Crippen molar-refractivity contribution in [2.75, 3.05) is 6.54 Å². The molecule has 0 radical (unpaired) electrons. The van der Waals surface area contributed by atoms with E-state index >= 15 is 0 Å². The van der Waals surface area contributed by atoms with Crippen LogP contribution in [0.4, 0.5) is 0 Å². The number of aromatic hydroxyl groups is 1. The molecule has 0 aliphatic carbocycles. The maximum Gasteiger partial charge on any atom is 0.325 e. The Bertz CT molecular complexity index is 415. The van der Waals surface area contributed by atoms with E-state index in [9.17, 15) is 9.90 Å². The smallest absolute Gasteiger partial charge is 0.325 e. The molecule has 0 amide bonds. The number of benzene rings is 1. The first kappa shape index (κ1) is 9.98. The maximum atomic E-state index is 11.0. The number of fused-ring (bicyclic) bond motifs is 1. The first-order chi connectivity index (χ1) is 7.09. The topological polar surface area (TPSA) is 69.6 Å². The number of carboxylic acids is 1. The van der Waals surface area contributed by atoms with Gasteiger partial charge in [-0.1, -0.05) is 6.07 Å². The quantitative estimate of drug-likeness (QED) is 0.641. The van der Waals surface area contributed by atoms with Crippen molar-refractivity contribution in [1.29, 1.82) is 0 Å². The van der Waals surface area contributed by atoms with Gasteiger partial charge in [-0.05, 0) is 30.5 Å². The molecule has 0 saturated carbocycles. The third-order valence-corrected chi connectivity index (χ3v) is 2.69. The van der Waals surface area contributed by atoms with Gasteiger partial charge < -0.3 is 15.5 Å². The first-order valence-corrected chi connectivity index (χ1v) is 4.88. The Hall–Kier alpha value is -1.55. The molecule has 80 valence electrons. The van der Waals surface area contributed by atoms with Crippen LogP contribution in [0.5, 0.6) is 5.75 Å². The molecule has 4 nitrogen and oxygen atoms in total. The molecular weight excluding hydrogens is 194 g/mol. The van der Waals surface area contributed by atoms with E-state index in [4.69, 9.17) is 5.11 Å². The van der Waals surface area contributed by atoms with Crippen LogP contribution in [0.25, 0.3) is 0 Å². The minimum Gasteiger partial charge on any atom is -0.508 e. The normalized spacial score (nSPS) is 19.7. The van der Waals surface area contributed by atoms with Crippen LogP contribution in [-0.4, -0.2) is 22.7 Å². The molecule has 15 heavy (non-hydrogen) atoms. The fourth-order valence-corrected chi connectivity index (χ4v) is 2.03. The van der Waals surface area contributed by atoms with Crippen LogP contribution in [0.15, 0.2) is 12.1 Å². The van der Waals surface area contributed by atoms with E-state index in [0.29, 0.717) is 18.5 Å². The lowest BCUT2D eigenvalue weighted by molar-refractivity contribution is -0.139. The van der Waals surface area contributed by atoms with Gasteiger partial charge in [0.2, 0.25) is 0 Å². The van der Waals surface area contributed by atoms with Crippen molar-refractivity contribution < 1.29 is 15.0 Å². The highest BCUT2D eigenvalue weighted by atomic mass is 16.4. The number of aryl methyl sites for hydroxylation is 1. The minimum atomic E-state index is -0.902. The molecular formula is C11H13NO3. The Kier molecular flexibility index (Phi) is 2.36. The summed E-state index contributed by atoms with van der Waals surface area (Å²) in [6, 6.07) is 2.79. The molecule has 0 bridgehead atoms. The monoisotopic (exact) mass is 207 g/mol. The highest BCUT2D eigenvalue weighted by Gasteiger charge is 2.27. The molecule has 1 heterocycles. The zero-order valence-electron chi connectivity index (χ0n) is 8.45. The largest absolute Gasteiger partial charge is 0.508 e. The summed E-state index contributed by atoms with van der Waals surface area (Å²) >= 11 is 0. The molecule has 1 aromatic carbocycles. The van der Waals surface area contributed by atoms with Crippen molar-refractivity contribution in [3.63, 3.8) is 0 Å². The average molecular weight is 207 g/mol. The zero-order valence-corrected chi connectivity index (χ0v) is 8.45. The number of phenols is 1. The van der Waals surface area contributed by atoms with Gasteiger partial charge in [0.05, 0.1) is 0 Å². The van der Waals surface area contributed by atoms with Gasteiger partial charge in [-0.2, -0.15) is 0 Å². The third-order valence-electron chi connectivity index (χ3n) is 2.69. The van der Waals surface area contributed by atoms with E-state index in [1.54, 1.807) is 6.07 Å². The Morgan fingerprint density at radius 2 is 2.27 bits per heavy atom. The van der Waals surface area contributed by atoms with Gasteiger partial charge in [-0.15, -0.1) is 0 Å². The fourth-order valence-electron chi connectivity index (χ4n) is 2.03. The van der Waals surface area contributed by atoms with Crippen LogP contribution in [-0.2, 0) is 11.2 Å². The van der Waals surface area contributed by atoms with Crippen LogP contribution >= 0.6 is 0 Å². The lowest BCUT2D eigenvalue weighted by Gasteiger charge is -2.24. The number of carboxylic acid groups (broad SMARTS) is 1. The van der Waals surface area contributed by atoms with Gasteiger partial charge in [-0.3, -0.25) is 4.79 Å². The molecule has 1 aromatic rings. The van der Waals surface area contributed by atoms with Crippen LogP contribution in [0.2, 0.25) is 0 Å². The van der Waals surface area contributed by atoms with Gasteiger partial charge >= 0.3 is 5.97 Å². The summed E-state index contributed by atoms with van der Waals surface area (Å²) in [7, 11) is 0. The number of nitrogens with one attached hydrogen (secondary N) is 1. The van der Waals surface area contributed by atoms with E-state index < -0.39 is 12.0 Å². The van der Waals surface area contributed by atoms with E-state index in [1.807, 2.05) is 13.0 Å². The Labute approximate surface area is 87.6 Å². The molecule has 1 unspecified atom stereocenters. The first-order valence-electron chi connectivity index (χ1n) is 4.88. The molecule has 3 N–H and O–H groups in total. The molecule has 2 rings (SSSR count). The second-order valence-corrected chi connectivity index (χ2v) is 3.83. The molecule has 0 saturated heterocycles. The maximum absolute atomic E-state index is 11.0. The van der Waals surface area contributed by atoms with Gasteiger partial charge in [-0.25, -0.2) is 0 Å². The molecule has 0 fully saturated rings. The Morgan fingerprint density at radius 1 is 1.53 bits per heavy atom. The van der Waals surface area contributed by atoms with Crippen molar-refractivity contribution >= 4 is 5.97 Å². The number of rotatable bonds is 1. The van der Waals surface area contributed by atoms with Crippen molar-refractivity contribution in [2.45, 2.75) is 19.4 Å². The van der Waals surface area contributed by atoms with Crippen LogP contribution in [0, 0.1) is 6.92 Å². The molecule has 4 heteroatoms. The van der Waals surface area contributed by atoms with E-state index in [0.717, 1.165) is 11.1 Å². The summed E-state index contributed by atoms with van der Waals surface area (Å²) < 4.78 is 0. The van der Waals surface area contributed by atoms with Crippen LogP contribution in [0.1, 0.15) is 22.7 Å². The molecule has 1 aliphatic heterocycles. The summed E-state index contributed by atoms with van der Waals surface area (Å²) in [4.78, 5) is 11.0. The minimum absolute atomic E-state index is 0.206. The highest BCUT2D eigenvalue weighted by Crippen LogP contribution is 2.31. The van der Waals surface area contributed by atoms with Crippen molar-refractivity contribution in [3.05, 3.63) is 28.8 Å². The summed E-state index contributed by atoms with van der Waals surface area (Å²) in [6.07, 6.45) is 0.672. The Morgan fingerprint density at radius 3 is 2.93 bits per heavy atom. The molecule has 0 spiro atoms. The summed E-state index contributed by atoms with van der Waals surface area (Å²) in [5, 5.41) is 21.7. The highest BCUT2D eigenvalue weighted by molar-refractivity contribution is 5.77. The SMILES string of the molecule is Cc1cc(O)c2c(c1)C(C(=O)O)NCC2. The summed E-state index contributed by atoms with van der Waals surface area (Å²) in [5.74, 6) is -0.696. The zero-order chi connectivity index (χ0) is 11.0. The van der Waals surface area contributed by atoms with E-state index in [1.165, 1.54) is 0 Å². The fraction of sp³-hybridized carbons (Fsp3) is 0.364. The van der Waals surface area contributed by atoms with Crippen LogP contribution in [0.3, 0.4) is 0 Å². The number of aliphatic carboxylic acids is 1. The number of carbonyl (C=O) groups is 1. The number of phenolic OH excluding ortho intramolecular Hbond substituents is 1.